The predicted molar refractivity (Wildman–Crippen MR) is 106 cm³/mol. The molecule has 1 aromatic carbocycles. The number of hydrogen-bond donors (Lipinski definition) is 1. The largest absolute Gasteiger partial charge is 0.494 e. The van der Waals surface area contributed by atoms with Gasteiger partial charge in [0.2, 0.25) is 5.91 Å². The van der Waals surface area contributed by atoms with Gasteiger partial charge in [-0.25, -0.2) is 0 Å². The number of anilines is 1. The Morgan fingerprint density at radius 2 is 2.04 bits per heavy atom. The number of amides is 1. The van der Waals surface area contributed by atoms with Gasteiger partial charge in [0.25, 0.3) is 0 Å². The van der Waals surface area contributed by atoms with E-state index in [2.05, 4.69) is 15.5 Å². The Morgan fingerprint density at radius 3 is 2.69 bits per heavy atom. The molecule has 0 atom stereocenters. The minimum Gasteiger partial charge on any atom is -0.494 e. The summed E-state index contributed by atoms with van der Waals surface area (Å²) in [5.41, 5.74) is 0.746. The van der Waals surface area contributed by atoms with Crippen LogP contribution in [-0.4, -0.2) is 33.0 Å². The number of nitrogens with zero attached hydrogens (tertiary/aromatic N) is 3. The number of thioether (sulfide) groups is 1. The van der Waals surface area contributed by atoms with Gasteiger partial charge in [-0.15, -0.1) is 21.5 Å². The van der Waals surface area contributed by atoms with Crippen LogP contribution in [0.15, 0.2) is 46.9 Å². The standard InChI is InChI=1S/C18H20N4O2S2/c1-3-22-17(15-6-5-11-25-15)20-21-18(22)26-12-16(23)19-13-7-9-14(10-8-13)24-4-2/h5-11H,3-4,12H2,1-2H3,(H,19,23). The average molecular weight is 389 g/mol. The third-order valence-electron chi connectivity index (χ3n) is 3.56. The molecule has 8 heteroatoms. The summed E-state index contributed by atoms with van der Waals surface area (Å²) in [5.74, 6) is 1.83. The van der Waals surface area contributed by atoms with Crippen LogP contribution in [0.25, 0.3) is 10.7 Å². The van der Waals surface area contributed by atoms with Crippen molar-refractivity contribution in [1.29, 1.82) is 0 Å². The fourth-order valence-electron chi connectivity index (χ4n) is 2.40. The molecule has 0 unspecified atom stereocenters. The Bertz CT molecular complexity index is 845. The zero-order valence-corrected chi connectivity index (χ0v) is 16.3. The van der Waals surface area contributed by atoms with Gasteiger partial charge in [-0.1, -0.05) is 17.8 Å². The summed E-state index contributed by atoms with van der Waals surface area (Å²) < 4.78 is 7.42. The summed E-state index contributed by atoms with van der Waals surface area (Å²) >= 11 is 3.01. The summed E-state index contributed by atoms with van der Waals surface area (Å²) in [5, 5.41) is 14.2. The van der Waals surface area contributed by atoms with E-state index in [1.165, 1.54) is 11.8 Å². The fraction of sp³-hybridized carbons (Fsp3) is 0.278. The number of hydrogen-bond acceptors (Lipinski definition) is 6. The molecule has 0 aliphatic carbocycles. The van der Waals surface area contributed by atoms with E-state index in [4.69, 9.17) is 4.74 Å². The van der Waals surface area contributed by atoms with Crippen molar-refractivity contribution < 1.29 is 9.53 Å². The maximum absolute atomic E-state index is 12.2. The van der Waals surface area contributed by atoms with E-state index in [9.17, 15) is 4.79 Å². The molecule has 2 aromatic heterocycles. The Labute approximate surface area is 160 Å². The van der Waals surface area contributed by atoms with Crippen molar-refractivity contribution in [2.45, 2.75) is 25.5 Å². The van der Waals surface area contributed by atoms with Gasteiger partial charge in [0, 0.05) is 12.2 Å². The molecule has 1 N–H and O–H groups in total. The minimum atomic E-state index is -0.0810. The van der Waals surface area contributed by atoms with E-state index in [1.807, 2.05) is 60.2 Å². The van der Waals surface area contributed by atoms with E-state index >= 15 is 0 Å². The van der Waals surface area contributed by atoms with E-state index < -0.39 is 0 Å². The molecule has 6 nitrogen and oxygen atoms in total. The van der Waals surface area contributed by atoms with E-state index in [1.54, 1.807) is 11.3 Å². The summed E-state index contributed by atoms with van der Waals surface area (Å²) in [4.78, 5) is 13.3. The van der Waals surface area contributed by atoms with Crippen LogP contribution in [0.3, 0.4) is 0 Å². The van der Waals surface area contributed by atoms with Gasteiger partial charge >= 0.3 is 0 Å². The molecule has 26 heavy (non-hydrogen) atoms. The van der Waals surface area contributed by atoms with Crippen molar-refractivity contribution >= 4 is 34.7 Å². The predicted octanol–water partition coefficient (Wildman–Crippen LogP) is 4.16. The van der Waals surface area contributed by atoms with E-state index in [0.29, 0.717) is 6.61 Å². The molecule has 0 fully saturated rings. The van der Waals surface area contributed by atoms with Crippen molar-refractivity contribution in [3.8, 4) is 16.5 Å². The van der Waals surface area contributed by atoms with Gasteiger partial charge < -0.3 is 14.6 Å². The molecule has 0 saturated carbocycles. The van der Waals surface area contributed by atoms with Gasteiger partial charge in [-0.05, 0) is 49.6 Å². The smallest absolute Gasteiger partial charge is 0.234 e. The number of ether oxygens (including phenoxy) is 1. The third kappa shape index (κ3) is 4.44. The number of aromatic nitrogens is 3. The van der Waals surface area contributed by atoms with Crippen molar-refractivity contribution in [1.82, 2.24) is 14.8 Å². The van der Waals surface area contributed by atoms with Gasteiger partial charge in [-0.2, -0.15) is 0 Å². The summed E-state index contributed by atoms with van der Waals surface area (Å²) in [6, 6.07) is 11.4. The quantitative estimate of drug-likeness (QED) is 0.587. The number of nitrogens with one attached hydrogen (secondary N) is 1. The Kier molecular flexibility index (Phi) is 6.30. The number of thiophene rings is 1. The molecule has 0 aliphatic rings. The maximum Gasteiger partial charge on any atom is 0.234 e. The SMILES string of the molecule is CCOc1ccc(NC(=O)CSc2nnc(-c3cccs3)n2CC)cc1. The monoisotopic (exact) mass is 388 g/mol. The van der Waals surface area contributed by atoms with Crippen molar-refractivity contribution in [3.05, 3.63) is 41.8 Å². The normalized spacial score (nSPS) is 10.7. The maximum atomic E-state index is 12.2. The number of carbonyl (C=O) groups is 1. The number of carbonyl (C=O) groups excluding carboxylic acids is 1. The van der Waals surface area contributed by atoms with Crippen LogP contribution in [0, 0.1) is 0 Å². The van der Waals surface area contributed by atoms with Crippen LogP contribution >= 0.6 is 23.1 Å². The lowest BCUT2D eigenvalue weighted by Gasteiger charge is -2.08. The molecule has 1 amide bonds. The van der Waals surface area contributed by atoms with Crippen LogP contribution in [0.2, 0.25) is 0 Å². The lowest BCUT2D eigenvalue weighted by atomic mass is 10.3. The Balaban J connectivity index is 1.59. The molecule has 0 aliphatic heterocycles. The molecule has 2 heterocycles. The Hall–Kier alpha value is -2.32. The highest BCUT2D eigenvalue weighted by molar-refractivity contribution is 7.99. The van der Waals surface area contributed by atoms with Crippen LogP contribution in [0.1, 0.15) is 13.8 Å². The minimum absolute atomic E-state index is 0.0810. The highest BCUT2D eigenvalue weighted by Crippen LogP contribution is 2.27. The first-order valence-corrected chi connectivity index (χ1v) is 10.2. The zero-order chi connectivity index (χ0) is 18.4. The molecule has 0 spiro atoms. The lowest BCUT2D eigenvalue weighted by molar-refractivity contribution is -0.113. The first-order valence-electron chi connectivity index (χ1n) is 8.33. The molecule has 136 valence electrons. The van der Waals surface area contributed by atoms with Crippen molar-refractivity contribution in [3.63, 3.8) is 0 Å². The van der Waals surface area contributed by atoms with Crippen LogP contribution in [-0.2, 0) is 11.3 Å². The van der Waals surface area contributed by atoms with Crippen LogP contribution < -0.4 is 10.1 Å². The summed E-state index contributed by atoms with van der Waals surface area (Å²) in [6.07, 6.45) is 0. The molecule has 0 bridgehead atoms. The zero-order valence-electron chi connectivity index (χ0n) is 14.6. The molecular formula is C18H20N4O2S2. The van der Waals surface area contributed by atoms with Crippen LogP contribution in [0.5, 0.6) is 5.75 Å². The molecule has 0 radical (unpaired) electrons. The first-order chi connectivity index (χ1) is 12.7. The third-order valence-corrected chi connectivity index (χ3v) is 5.39. The van der Waals surface area contributed by atoms with Gasteiger partial charge in [0.1, 0.15) is 5.75 Å². The molecule has 0 saturated heterocycles. The average Bonchev–Trinajstić information content (AvgIpc) is 3.31. The summed E-state index contributed by atoms with van der Waals surface area (Å²) in [7, 11) is 0. The second kappa shape index (κ2) is 8.86. The highest BCUT2D eigenvalue weighted by Gasteiger charge is 2.15. The van der Waals surface area contributed by atoms with E-state index in [0.717, 1.165) is 33.8 Å². The summed E-state index contributed by atoms with van der Waals surface area (Å²) in [6.45, 7) is 5.35. The van der Waals surface area contributed by atoms with Crippen molar-refractivity contribution in [2.24, 2.45) is 0 Å². The number of rotatable bonds is 8. The highest BCUT2D eigenvalue weighted by atomic mass is 32.2. The van der Waals surface area contributed by atoms with E-state index in [-0.39, 0.29) is 11.7 Å². The van der Waals surface area contributed by atoms with Gasteiger partial charge in [0.05, 0.1) is 17.2 Å². The first kappa shape index (κ1) is 18.5. The Morgan fingerprint density at radius 1 is 1.23 bits per heavy atom. The van der Waals surface area contributed by atoms with Gasteiger partial charge in [0.15, 0.2) is 11.0 Å². The number of benzene rings is 1. The fourth-order valence-corrected chi connectivity index (χ4v) is 3.92. The van der Waals surface area contributed by atoms with Crippen molar-refractivity contribution in [2.75, 3.05) is 17.7 Å². The molecular weight excluding hydrogens is 368 g/mol. The van der Waals surface area contributed by atoms with Crippen LogP contribution in [0.4, 0.5) is 5.69 Å². The lowest BCUT2D eigenvalue weighted by Crippen LogP contribution is -2.14. The second-order valence-electron chi connectivity index (χ2n) is 5.32. The topological polar surface area (TPSA) is 69.0 Å². The molecule has 3 aromatic rings. The second-order valence-corrected chi connectivity index (χ2v) is 7.21. The molecule has 3 rings (SSSR count). The van der Waals surface area contributed by atoms with Gasteiger partial charge in [-0.3, -0.25) is 4.79 Å².